The maximum atomic E-state index is 13.0. The number of H-pyrrole nitrogens is 1. The minimum atomic E-state index is -4.25. The van der Waals surface area contributed by atoms with Crippen LogP contribution < -0.4 is 4.90 Å². The molecule has 2 fully saturated rings. The zero-order chi connectivity index (χ0) is 25.8. The number of nitrogens with zero attached hydrogens (tertiary/aromatic N) is 5. The summed E-state index contributed by atoms with van der Waals surface area (Å²) in [6, 6.07) is 13.1. The minimum Gasteiger partial charge on any atom is -0.355 e. The molecule has 9 heteroatoms. The second kappa shape index (κ2) is 8.73. The van der Waals surface area contributed by atoms with Crippen LogP contribution in [0.3, 0.4) is 0 Å². The number of anilines is 1. The van der Waals surface area contributed by atoms with E-state index in [-0.39, 0.29) is 11.0 Å². The van der Waals surface area contributed by atoms with Crippen molar-refractivity contribution in [3.8, 4) is 6.07 Å². The summed E-state index contributed by atoms with van der Waals surface area (Å²) in [5.41, 5.74) is 5.06. The summed E-state index contributed by atoms with van der Waals surface area (Å²) in [7, 11) is 0. The van der Waals surface area contributed by atoms with Gasteiger partial charge in [-0.2, -0.15) is 18.4 Å². The van der Waals surface area contributed by atoms with Crippen LogP contribution in [0.5, 0.6) is 0 Å². The van der Waals surface area contributed by atoms with Gasteiger partial charge in [-0.05, 0) is 67.3 Å². The Hall–Kier alpha value is -3.64. The summed E-state index contributed by atoms with van der Waals surface area (Å²) in [6.45, 7) is 6.61. The summed E-state index contributed by atoms with van der Waals surface area (Å²) in [6.07, 6.45) is -1.60. The van der Waals surface area contributed by atoms with Gasteiger partial charge in [0, 0.05) is 47.9 Å². The second-order valence-corrected chi connectivity index (χ2v) is 10.6. The quantitative estimate of drug-likeness (QED) is 0.398. The molecule has 6 nitrogen and oxygen atoms in total. The summed E-state index contributed by atoms with van der Waals surface area (Å²) < 4.78 is 39.0. The van der Waals surface area contributed by atoms with Crippen molar-refractivity contribution in [1.29, 1.82) is 5.26 Å². The number of aryl methyl sites for hydroxylation is 1. The predicted octanol–water partition coefficient (Wildman–Crippen LogP) is 5.50. The van der Waals surface area contributed by atoms with Crippen molar-refractivity contribution in [1.82, 2.24) is 19.9 Å². The first-order valence-electron chi connectivity index (χ1n) is 12.5. The van der Waals surface area contributed by atoms with E-state index in [2.05, 4.69) is 49.9 Å². The molecule has 37 heavy (non-hydrogen) atoms. The van der Waals surface area contributed by atoms with Gasteiger partial charge in [0.1, 0.15) is 23.9 Å². The van der Waals surface area contributed by atoms with Crippen molar-refractivity contribution in [2.45, 2.75) is 38.9 Å². The van der Waals surface area contributed by atoms with E-state index < -0.39 is 12.6 Å². The fourth-order valence-electron chi connectivity index (χ4n) is 6.16. The van der Waals surface area contributed by atoms with E-state index in [0.29, 0.717) is 16.6 Å². The smallest absolute Gasteiger partial charge is 0.355 e. The molecule has 2 saturated heterocycles. The van der Waals surface area contributed by atoms with Crippen molar-refractivity contribution in [3.05, 3.63) is 65.1 Å². The van der Waals surface area contributed by atoms with E-state index in [1.54, 1.807) is 12.1 Å². The van der Waals surface area contributed by atoms with Gasteiger partial charge >= 0.3 is 6.18 Å². The van der Waals surface area contributed by atoms with Crippen molar-refractivity contribution in [3.63, 3.8) is 0 Å². The monoisotopic (exact) mass is 504 g/mol. The molecule has 0 saturated carbocycles. The number of likely N-dealkylation sites (tertiary alicyclic amines) is 1. The van der Waals surface area contributed by atoms with Gasteiger partial charge in [-0.1, -0.05) is 12.1 Å². The van der Waals surface area contributed by atoms with Crippen LogP contribution in [0.15, 0.2) is 42.7 Å². The molecule has 4 heterocycles. The van der Waals surface area contributed by atoms with Crippen LogP contribution in [0.25, 0.3) is 21.8 Å². The maximum Gasteiger partial charge on any atom is 0.393 e. The third-order valence-corrected chi connectivity index (χ3v) is 8.04. The van der Waals surface area contributed by atoms with Gasteiger partial charge in [-0.3, -0.25) is 4.90 Å². The molecule has 190 valence electrons. The Morgan fingerprint density at radius 3 is 2.70 bits per heavy atom. The Kier molecular flexibility index (Phi) is 5.60. The number of hydrogen-bond acceptors (Lipinski definition) is 5. The molecule has 1 spiro atoms. The van der Waals surface area contributed by atoms with Crippen molar-refractivity contribution >= 4 is 27.6 Å². The Balaban J connectivity index is 1.19. The molecule has 0 amide bonds. The fraction of sp³-hybridized carbons (Fsp3) is 0.393. The fourth-order valence-corrected chi connectivity index (χ4v) is 6.16. The molecule has 2 aromatic heterocycles. The number of benzene rings is 2. The van der Waals surface area contributed by atoms with Crippen LogP contribution in [0.4, 0.5) is 19.0 Å². The normalized spacial score (nSPS) is 20.5. The first-order chi connectivity index (χ1) is 17.7. The third-order valence-electron chi connectivity index (χ3n) is 8.04. The lowest BCUT2D eigenvalue weighted by Gasteiger charge is -2.26. The van der Waals surface area contributed by atoms with E-state index in [9.17, 15) is 18.4 Å². The van der Waals surface area contributed by atoms with Crippen molar-refractivity contribution in [2.24, 2.45) is 5.41 Å². The molecule has 4 aromatic rings. The summed E-state index contributed by atoms with van der Waals surface area (Å²) in [5, 5.41) is 11.0. The zero-order valence-corrected chi connectivity index (χ0v) is 20.6. The molecular weight excluding hydrogens is 477 g/mol. The van der Waals surface area contributed by atoms with Gasteiger partial charge in [0.05, 0.1) is 11.9 Å². The largest absolute Gasteiger partial charge is 0.393 e. The highest BCUT2D eigenvalue weighted by molar-refractivity contribution is 5.90. The molecule has 2 aliphatic rings. The van der Waals surface area contributed by atoms with Crippen LogP contribution in [-0.4, -0.2) is 52.2 Å². The Morgan fingerprint density at radius 2 is 1.89 bits per heavy atom. The van der Waals surface area contributed by atoms with Gasteiger partial charge in [0.15, 0.2) is 0 Å². The number of nitrogens with one attached hydrogen (secondary N) is 1. The number of hydrogen-bond donors (Lipinski definition) is 1. The molecule has 1 unspecified atom stereocenters. The van der Waals surface area contributed by atoms with Gasteiger partial charge in [-0.25, -0.2) is 9.97 Å². The number of fused-ring (bicyclic) bond motifs is 2. The first kappa shape index (κ1) is 23.7. The number of aromatic nitrogens is 3. The highest BCUT2D eigenvalue weighted by atomic mass is 19.4. The topological polar surface area (TPSA) is 71.8 Å². The van der Waals surface area contributed by atoms with Gasteiger partial charge in [0.2, 0.25) is 0 Å². The highest BCUT2D eigenvalue weighted by Crippen LogP contribution is 2.42. The van der Waals surface area contributed by atoms with Crippen LogP contribution in [-0.2, 0) is 13.0 Å². The molecule has 1 atom stereocenters. The molecule has 1 N–H and O–H groups in total. The number of alkyl halides is 3. The standard InChI is InChI=1S/C28H27F3N6/c1-18-20(3-5-25-22(18)11-21(13-32)35-25)14-36-8-6-27(15-36)7-9-37(16-27)26-23-10-19(12-28(29,30)31)2-4-24(23)33-17-34-26/h2-5,10-11,17,35H,6-9,12,14-16H2,1H3. The van der Waals surface area contributed by atoms with E-state index in [1.165, 1.54) is 23.5 Å². The van der Waals surface area contributed by atoms with Gasteiger partial charge in [-0.15, -0.1) is 0 Å². The van der Waals surface area contributed by atoms with Crippen molar-refractivity contribution < 1.29 is 13.2 Å². The SMILES string of the molecule is Cc1c(CN2CCC3(CCN(c4ncnc5ccc(CC(F)(F)F)cc45)C3)C2)ccc2[nH]c(C#N)cc12. The molecule has 0 aliphatic carbocycles. The highest BCUT2D eigenvalue weighted by Gasteiger charge is 2.44. The van der Waals surface area contributed by atoms with E-state index in [1.807, 2.05) is 6.07 Å². The van der Waals surface area contributed by atoms with Crippen molar-refractivity contribution in [2.75, 3.05) is 31.1 Å². The maximum absolute atomic E-state index is 13.0. The average Bonchev–Trinajstić information content (AvgIpc) is 3.58. The molecule has 2 aliphatic heterocycles. The lowest BCUT2D eigenvalue weighted by Crippen LogP contribution is -2.31. The summed E-state index contributed by atoms with van der Waals surface area (Å²) >= 11 is 0. The third kappa shape index (κ3) is 4.51. The van der Waals surface area contributed by atoms with Crippen LogP contribution >= 0.6 is 0 Å². The zero-order valence-electron chi connectivity index (χ0n) is 20.6. The van der Waals surface area contributed by atoms with Crippen LogP contribution in [0.2, 0.25) is 0 Å². The number of halogens is 3. The Labute approximate surface area is 212 Å². The molecule has 2 aromatic carbocycles. The lowest BCUT2D eigenvalue weighted by atomic mass is 9.86. The lowest BCUT2D eigenvalue weighted by molar-refractivity contribution is -0.127. The summed E-state index contributed by atoms with van der Waals surface area (Å²) in [5.74, 6) is 0.728. The van der Waals surface area contributed by atoms with E-state index >= 15 is 0 Å². The molecule has 0 bridgehead atoms. The van der Waals surface area contributed by atoms with Crippen LogP contribution in [0.1, 0.15) is 35.2 Å². The molecular formula is C28H27F3N6. The first-order valence-corrected chi connectivity index (χ1v) is 12.5. The molecule has 6 rings (SSSR count). The molecule has 0 radical (unpaired) electrons. The minimum absolute atomic E-state index is 0.140. The summed E-state index contributed by atoms with van der Waals surface area (Å²) in [4.78, 5) is 16.7. The van der Waals surface area contributed by atoms with Gasteiger partial charge in [0.25, 0.3) is 0 Å². The Morgan fingerprint density at radius 1 is 1.05 bits per heavy atom. The van der Waals surface area contributed by atoms with E-state index in [4.69, 9.17) is 0 Å². The Bertz CT molecular complexity index is 1530. The van der Waals surface area contributed by atoms with Gasteiger partial charge < -0.3 is 9.88 Å². The van der Waals surface area contributed by atoms with E-state index in [0.717, 1.165) is 62.3 Å². The number of nitriles is 1. The number of aromatic amines is 1. The predicted molar refractivity (Wildman–Crippen MR) is 136 cm³/mol. The number of rotatable bonds is 4. The van der Waals surface area contributed by atoms with Crippen LogP contribution in [0, 0.1) is 23.7 Å². The average molecular weight is 505 g/mol. The second-order valence-electron chi connectivity index (χ2n) is 10.6.